The van der Waals surface area contributed by atoms with Crippen molar-refractivity contribution >= 4 is 23.2 Å². The number of rotatable bonds is 2. The molecule has 0 saturated heterocycles. The molecule has 154 valence electrons. The maximum absolute atomic E-state index is 12.7. The number of fused-ring (bicyclic) bond motifs is 1. The summed E-state index contributed by atoms with van der Waals surface area (Å²) >= 11 is 0. The number of methoxy groups -OCH3 is 1. The number of hydrogen-bond acceptors (Lipinski definition) is 3. The van der Waals surface area contributed by atoms with Crippen molar-refractivity contribution in [3.63, 3.8) is 0 Å². The molecular weight excluding hydrogens is 362 g/mol. The number of hydrogen-bond donors (Lipinski definition) is 2. The Hall–Kier alpha value is -2.75. The predicted octanol–water partition coefficient (Wildman–Crippen LogP) is 5.80. The molecule has 0 fully saturated rings. The molecule has 29 heavy (non-hydrogen) atoms. The van der Waals surface area contributed by atoms with Gasteiger partial charge in [0.2, 0.25) is 0 Å². The van der Waals surface area contributed by atoms with Gasteiger partial charge in [0, 0.05) is 33.5 Å². The molecule has 0 saturated carbocycles. The second-order valence-electron chi connectivity index (χ2n) is 9.79. The molecule has 0 atom stereocenters. The Bertz CT molecular complexity index is 983. The number of amides is 1. The molecule has 1 aliphatic heterocycles. The zero-order chi connectivity index (χ0) is 21.7. The number of phenolic OH excluding ortho intramolecular Hbond substituents is 1. The minimum absolute atomic E-state index is 0.126. The lowest BCUT2D eigenvalue weighted by atomic mass is 9.78. The second kappa shape index (κ2) is 6.94. The third kappa shape index (κ3) is 3.76. The number of nitrogens with one attached hydrogen (secondary N) is 1. The van der Waals surface area contributed by atoms with Crippen molar-refractivity contribution in [2.24, 2.45) is 0 Å². The zero-order valence-electron chi connectivity index (χ0n) is 18.7. The Labute approximate surface area is 173 Å². The summed E-state index contributed by atoms with van der Waals surface area (Å²) in [5.74, 6) is 0.961. The van der Waals surface area contributed by atoms with Crippen molar-refractivity contribution in [2.45, 2.75) is 59.3 Å². The van der Waals surface area contributed by atoms with Crippen molar-refractivity contribution in [3.8, 4) is 11.5 Å². The molecular formula is C25H31NO3. The fourth-order valence-corrected chi connectivity index (χ4v) is 3.86. The van der Waals surface area contributed by atoms with E-state index >= 15 is 0 Å². The summed E-state index contributed by atoms with van der Waals surface area (Å²) in [5.41, 5.74) is 5.40. The molecule has 4 heteroatoms. The molecule has 1 amide bonds. The number of ether oxygens (including phenoxy) is 1. The standard InChI is InChI=1S/C25H31NO3/c1-14-20(29-8)10-9-19-21(14)16(23(28)26-19)11-15-12-17(24(2,3)4)22(27)18(13-15)25(5,6)7/h9-13,27H,1-8H3,(H,26,28)/b16-11-. The predicted molar refractivity (Wildman–Crippen MR) is 120 cm³/mol. The first kappa shape index (κ1) is 21.0. The average molecular weight is 394 g/mol. The monoisotopic (exact) mass is 393 g/mol. The van der Waals surface area contributed by atoms with Gasteiger partial charge in [-0.05, 0) is 53.7 Å². The molecule has 4 nitrogen and oxygen atoms in total. The van der Waals surface area contributed by atoms with E-state index in [2.05, 4.69) is 46.9 Å². The Morgan fingerprint density at radius 1 is 1.00 bits per heavy atom. The summed E-state index contributed by atoms with van der Waals surface area (Å²) in [6.45, 7) is 14.5. The molecule has 2 aromatic carbocycles. The van der Waals surface area contributed by atoms with E-state index in [0.717, 1.165) is 39.3 Å². The summed E-state index contributed by atoms with van der Waals surface area (Å²) in [6.07, 6.45) is 1.91. The summed E-state index contributed by atoms with van der Waals surface area (Å²) in [7, 11) is 1.63. The lowest BCUT2D eigenvalue weighted by Crippen LogP contribution is -2.17. The Morgan fingerprint density at radius 3 is 2.03 bits per heavy atom. The lowest BCUT2D eigenvalue weighted by molar-refractivity contribution is -0.110. The molecule has 0 unspecified atom stereocenters. The van der Waals surface area contributed by atoms with E-state index in [4.69, 9.17) is 4.74 Å². The topological polar surface area (TPSA) is 58.6 Å². The van der Waals surface area contributed by atoms with Crippen molar-refractivity contribution in [1.29, 1.82) is 0 Å². The third-order valence-corrected chi connectivity index (χ3v) is 5.46. The van der Waals surface area contributed by atoms with Gasteiger partial charge in [-0.25, -0.2) is 0 Å². The van der Waals surface area contributed by atoms with Gasteiger partial charge in [-0.3, -0.25) is 4.79 Å². The zero-order valence-corrected chi connectivity index (χ0v) is 18.7. The second-order valence-corrected chi connectivity index (χ2v) is 9.79. The number of anilines is 1. The number of phenols is 1. The maximum atomic E-state index is 12.7. The highest BCUT2D eigenvalue weighted by Crippen LogP contribution is 2.42. The molecule has 3 rings (SSSR count). The highest BCUT2D eigenvalue weighted by molar-refractivity contribution is 6.35. The molecule has 0 bridgehead atoms. The van der Waals surface area contributed by atoms with Crippen LogP contribution in [0.3, 0.4) is 0 Å². The molecule has 0 aromatic heterocycles. The molecule has 0 aliphatic carbocycles. The van der Waals surface area contributed by atoms with Crippen LogP contribution in [0.25, 0.3) is 11.6 Å². The average Bonchev–Trinajstić information content (AvgIpc) is 2.91. The van der Waals surface area contributed by atoms with Crippen LogP contribution in [0.5, 0.6) is 11.5 Å². The van der Waals surface area contributed by atoms with Crippen molar-refractivity contribution in [1.82, 2.24) is 0 Å². The molecule has 1 heterocycles. The van der Waals surface area contributed by atoms with Crippen LogP contribution in [0.15, 0.2) is 24.3 Å². The van der Waals surface area contributed by atoms with Crippen LogP contribution >= 0.6 is 0 Å². The molecule has 0 radical (unpaired) electrons. The Balaban J connectivity index is 2.26. The van der Waals surface area contributed by atoms with E-state index in [-0.39, 0.29) is 16.7 Å². The van der Waals surface area contributed by atoms with Crippen LogP contribution in [0.2, 0.25) is 0 Å². The summed E-state index contributed by atoms with van der Waals surface area (Å²) in [6, 6.07) is 7.71. The van der Waals surface area contributed by atoms with Crippen LogP contribution in [0, 0.1) is 6.92 Å². The molecule has 1 aliphatic rings. The van der Waals surface area contributed by atoms with Gasteiger partial charge in [0.25, 0.3) is 5.91 Å². The van der Waals surface area contributed by atoms with Gasteiger partial charge < -0.3 is 15.2 Å². The number of carbonyl (C=O) groups excluding carboxylic acids is 1. The third-order valence-electron chi connectivity index (χ3n) is 5.46. The summed E-state index contributed by atoms with van der Waals surface area (Å²) in [4.78, 5) is 12.7. The van der Waals surface area contributed by atoms with Gasteiger partial charge in [-0.15, -0.1) is 0 Å². The first-order valence-electron chi connectivity index (χ1n) is 9.93. The fraction of sp³-hybridized carbons (Fsp3) is 0.400. The van der Waals surface area contributed by atoms with Gasteiger partial charge in [0.15, 0.2) is 0 Å². The van der Waals surface area contributed by atoms with Gasteiger partial charge in [-0.2, -0.15) is 0 Å². The quantitative estimate of drug-likeness (QED) is 0.634. The molecule has 0 spiro atoms. The van der Waals surface area contributed by atoms with E-state index in [9.17, 15) is 9.90 Å². The SMILES string of the molecule is COc1ccc2c(c1C)/C(=C/c1cc(C(C)(C)C)c(O)c(C(C)(C)C)c1)C(=O)N2. The van der Waals surface area contributed by atoms with E-state index in [1.54, 1.807) is 7.11 Å². The highest BCUT2D eigenvalue weighted by atomic mass is 16.5. The largest absolute Gasteiger partial charge is 0.507 e. The van der Waals surface area contributed by atoms with E-state index in [1.807, 2.05) is 37.3 Å². The van der Waals surface area contributed by atoms with Crippen LogP contribution in [0.4, 0.5) is 5.69 Å². The number of benzene rings is 2. The number of carbonyl (C=O) groups is 1. The number of aromatic hydroxyl groups is 1. The van der Waals surface area contributed by atoms with Gasteiger partial charge in [0.05, 0.1) is 7.11 Å². The molecule has 2 N–H and O–H groups in total. The van der Waals surface area contributed by atoms with Crippen molar-refractivity contribution in [2.75, 3.05) is 12.4 Å². The Kier molecular flexibility index (Phi) is 5.02. The molecule has 2 aromatic rings. The summed E-state index contributed by atoms with van der Waals surface area (Å²) in [5, 5.41) is 13.9. The minimum Gasteiger partial charge on any atom is -0.507 e. The minimum atomic E-state index is -0.229. The van der Waals surface area contributed by atoms with Crippen LogP contribution in [-0.2, 0) is 15.6 Å². The Morgan fingerprint density at radius 2 is 1.55 bits per heavy atom. The van der Waals surface area contributed by atoms with Gasteiger partial charge in [0.1, 0.15) is 11.5 Å². The highest BCUT2D eigenvalue weighted by Gasteiger charge is 2.29. The normalized spacial score (nSPS) is 15.4. The van der Waals surface area contributed by atoms with E-state index in [1.165, 1.54) is 0 Å². The fourth-order valence-electron chi connectivity index (χ4n) is 3.86. The van der Waals surface area contributed by atoms with Crippen LogP contribution in [-0.4, -0.2) is 18.1 Å². The van der Waals surface area contributed by atoms with E-state index < -0.39 is 0 Å². The van der Waals surface area contributed by atoms with E-state index in [0.29, 0.717) is 11.3 Å². The van der Waals surface area contributed by atoms with Crippen LogP contribution in [0.1, 0.15) is 69.4 Å². The van der Waals surface area contributed by atoms with Crippen molar-refractivity contribution in [3.05, 3.63) is 52.1 Å². The lowest BCUT2D eigenvalue weighted by Gasteiger charge is -2.28. The maximum Gasteiger partial charge on any atom is 0.256 e. The van der Waals surface area contributed by atoms with Crippen molar-refractivity contribution < 1.29 is 14.6 Å². The summed E-state index contributed by atoms with van der Waals surface area (Å²) < 4.78 is 5.45. The smallest absolute Gasteiger partial charge is 0.256 e. The van der Waals surface area contributed by atoms with Gasteiger partial charge in [-0.1, -0.05) is 41.5 Å². The first-order valence-corrected chi connectivity index (χ1v) is 9.93. The first-order chi connectivity index (χ1) is 13.3. The van der Waals surface area contributed by atoms with Gasteiger partial charge >= 0.3 is 0 Å². The van der Waals surface area contributed by atoms with Crippen LogP contribution < -0.4 is 10.1 Å².